The lowest BCUT2D eigenvalue weighted by Crippen LogP contribution is -2.32. The van der Waals surface area contributed by atoms with E-state index in [1.54, 1.807) is 10.8 Å². The molecule has 17 heavy (non-hydrogen) atoms. The van der Waals surface area contributed by atoms with Gasteiger partial charge in [0.2, 0.25) is 0 Å². The van der Waals surface area contributed by atoms with Gasteiger partial charge in [0.25, 0.3) is 11.8 Å². The Morgan fingerprint density at radius 1 is 1.29 bits per heavy atom. The topological polar surface area (TPSA) is 63.7 Å². The monoisotopic (exact) mass is 281 g/mol. The SMILES string of the molecule is C.C.CSSCCC(=O)ON1C(=O)CCC1=O. The Hall–Kier alpha value is -0.690. The fourth-order valence-electron chi connectivity index (χ4n) is 1.01. The second-order valence-electron chi connectivity index (χ2n) is 2.78. The second-order valence-corrected chi connectivity index (χ2v) is 5.47. The molecule has 1 aliphatic heterocycles. The molecule has 2 amide bonds. The molecule has 0 saturated carbocycles. The third-order valence-electron chi connectivity index (χ3n) is 1.71. The van der Waals surface area contributed by atoms with Gasteiger partial charge in [-0.05, 0) is 6.26 Å². The van der Waals surface area contributed by atoms with Gasteiger partial charge in [0.15, 0.2) is 0 Å². The van der Waals surface area contributed by atoms with Crippen LogP contribution in [0.15, 0.2) is 0 Å². The maximum Gasteiger partial charge on any atom is 0.334 e. The predicted octanol–water partition coefficient (Wildman–Crippen LogP) is 2.27. The van der Waals surface area contributed by atoms with Crippen LogP contribution < -0.4 is 0 Å². The van der Waals surface area contributed by atoms with Crippen molar-refractivity contribution in [1.29, 1.82) is 0 Å². The molecule has 0 aliphatic carbocycles. The fourth-order valence-corrected chi connectivity index (χ4v) is 2.18. The summed E-state index contributed by atoms with van der Waals surface area (Å²) in [5.74, 6) is -0.812. The van der Waals surface area contributed by atoms with Gasteiger partial charge in [-0.25, -0.2) is 4.79 Å². The lowest BCUT2D eigenvalue weighted by atomic mass is 10.4. The van der Waals surface area contributed by atoms with E-state index in [9.17, 15) is 14.4 Å². The molecule has 0 spiro atoms. The summed E-state index contributed by atoms with van der Waals surface area (Å²) in [6.45, 7) is 0. The molecule has 1 aliphatic rings. The van der Waals surface area contributed by atoms with Crippen molar-refractivity contribution in [3.63, 3.8) is 0 Å². The standard InChI is InChI=1S/C8H11NO4S2.2CH4/c1-14-15-5-4-8(12)13-9-6(10)2-3-7(9)11;;/h2-5H2,1H3;2*1H4. The van der Waals surface area contributed by atoms with Crippen LogP contribution in [-0.4, -0.2) is 34.9 Å². The number of rotatable bonds is 5. The molecule has 100 valence electrons. The molecule has 0 N–H and O–H groups in total. The first-order chi connectivity index (χ1) is 7.15. The minimum absolute atomic E-state index is 0. The number of hydrogen-bond acceptors (Lipinski definition) is 6. The van der Waals surface area contributed by atoms with Gasteiger partial charge in [-0.2, -0.15) is 0 Å². The van der Waals surface area contributed by atoms with E-state index in [4.69, 9.17) is 0 Å². The Kier molecular flexibility index (Phi) is 10.3. The van der Waals surface area contributed by atoms with Gasteiger partial charge in [-0.1, -0.05) is 36.4 Å². The van der Waals surface area contributed by atoms with Crippen molar-refractivity contribution in [2.75, 3.05) is 12.0 Å². The Morgan fingerprint density at radius 3 is 2.29 bits per heavy atom. The van der Waals surface area contributed by atoms with Gasteiger partial charge in [-0.15, -0.1) is 5.06 Å². The van der Waals surface area contributed by atoms with Crippen molar-refractivity contribution in [2.24, 2.45) is 0 Å². The number of hydrogen-bond donors (Lipinski definition) is 0. The number of carbonyl (C=O) groups excluding carboxylic acids is 3. The summed E-state index contributed by atoms with van der Waals surface area (Å²) >= 11 is 0. The van der Waals surface area contributed by atoms with Crippen LogP contribution in [0.2, 0.25) is 0 Å². The Labute approximate surface area is 110 Å². The van der Waals surface area contributed by atoms with Crippen LogP contribution in [0.1, 0.15) is 34.1 Å². The molecule has 0 unspecified atom stereocenters. The Bertz CT molecular complexity index is 267. The first-order valence-corrected chi connectivity index (χ1v) is 7.10. The van der Waals surface area contributed by atoms with Crippen molar-refractivity contribution >= 4 is 39.4 Å². The molecule has 1 saturated heterocycles. The van der Waals surface area contributed by atoms with Crippen LogP contribution in [0, 0.1) is 0 Å². The zero-order chi connectivity index (χ0) is 11.3. The fraction of sp³-hybridized carbons (Fsp3) is 0.700. The first kappa shape index (κ1) is 18.7. The summed E-state index contributed by atoms with van der Waals surface area (Å²) in [6, 6.07) is 0. The normalized spacial score (nSPS) is 14.1. The van der Waals surface area contributed by atoms with Gasteiger partial charge in [0.05, 0.1) is 6.42 Å². The van der Waals surface area contributed by atoms with E-state index in [1.165, 1.54) is 10.8 Å². The molecule has 0 aromatic rings. The van der Waals surface area contributed by atoms with Gasteiger partial charge >= 0.3 is 5.97 Å². The molecule has 5 nitrogen and oxygen atoms in total. The van der Waals surface area contributed by atoms with E-state index in [-0.39, 0.29) is 34.1 Å². The predicted molar refractivity (Wildman–Crippen MR) is 71.2 cm³/mol. The van der Waals surface area contributed by atoms with Crippen LogP contribution in [0.5, 0.6) is 0 Å². The third-order valence-corrected chi connectivity index (χ3v) is 3.52. The van der Waals surface area contributed by atoms with Gasteiger partial charge < -0.3 is 4.84 Å². The molecular formula is C10H19NO4S2. The number of carbonyl (C=O) groups is 3. The number of hydroxylamine groups is 2. The van der Waals surface area contributed by atoms with Crippen molar-refractivity contribution in [2.45, 2.75) is 34.1 Å². The number of imide groups is 1. The highest BCUT2D eigenvalue weighted by Crippen LogP contribution is 2.18. The quantitative estimate of drug-likeness (QED) is 0.437. The highest BCUT2D eigenvalue weighted by Gasteiger charge is 2.32. The average molecular weight is 281 g/mol. The average Bonchev–Trinajstić information content (AvgIpc) is 2.50. The van der Waals surface area contributed by atoms with E-state index in [0.29, 0.717) is 10.8 Å². The summed E-state index contributed by atoms with van der Waals surface area (Å²) in [5.41, 5.74) is 0. The van der Waals surface area contributed by atoms with Crippen molar-refractivity contribution in [3.05, 3.63) is 0 Å². The molecule has 7 heteroatoms. The van der Waals surface area contributed by atoms with Gasteiger partial charge in [-0.3, -0.25) is 9.59 Å². The van der Waals surface area contributed by atoms with Crippen LogP contribution in [0.4, 0.5) is 0 Å². The molecule has 0 aromatic heterocycles. The van der Waals surface area contributed by atoms with Crippen LogP contribution in [0.25, 0.3) is 0 Å². The van der Waals surface area contributed by atoms with Crippen molar-refractivity contribution < 1.29 is 19.2 Å². The van der Waals surface area contributed by atoms with Crippen molar-refractivity contribution in [1.82, 2.24) is 5.06 Å². The molecule has 0 aromatic carbocycles. The summed E-state index contributed by atoms with van der Waals surface area (Å²) in [4.78, 5) is 38.0. The van der Waals surface area contributed by atoms with E-state index in [2.05, 4.69) is 4.84 Å². The number of amides is 2. The second kappa shape index (κ2) is 9.35. The maximum absolute atomic E-state index is 11.2. The minimum Gasteiger partial charge on any atom is -0.330 e. The van der Waals surface area contributed by atoms with E-state index >= 15 is 0 Å². The summed E-state index contributed by atoms with van der Waals surface area (Å²) in [5, 5.41) is 0.575. The largest absolute Gasteiger partial charge is 0.334 e. The Morgan fingerprint density at radius 2 is 1.82 bits per heavy atom. The summed E-state index contributed by atoms with van der Waals surface area (Å²) in [6.07, 6.45) is 2.36. The molecule has 0 bridgehead atoms. The maximum atomic E-state index is 11.2. The van der Waals surface area contributed by atoms with E-state index < -0.39 is 17.8 Å². The highest BCUT2D eigenvalue weighted by atomic mass is 33.1. The molecule has 1 heterocycles. The molecule has 0 atom stereocenters. The molecule has 1 fully saturated rings. The van der Waals surface area contributed by atoms with Crippen molar-refractivity contribution in [3.8, 4) is 0 Å². The van der Waals surface area contributed by atoms with Gasteiger partial charge in [0, 0.05) is 18.6 Å². The summed E-state index contributed by atoms with van der Waals surface area (Å²) < 4.78 is 0. The third kappa shape index (κ3) is 5.97. The molecule has 1 rings (SSSR count). The first-order valence-electron chi connectivity index (χ1n) is 4.37. The lowest BCUT2D eigenvalue weighted by Gasteiger charge is -2.11. The van der Waals surface area contributed by atoms with E-state index in [1.807, 2.05) is 6.26 Å². The summed E-state index contributed by atoms with van der Waals surface area (Å²) in [7, 11) is 3.07. The van der Waals surface area contributed by atoms with Crippen LogP contribution in [0.3, 0.4) is 0 Å². The zero-order valence-corrected chi connectivity index (χ0v) is 9.86. The van der Waals surface area contributed by atoms with Crippen LogP contribution in [-0.2, 0) is 19.2 Å². The van der Waals surface area contributed by atoms with Gasteiger partial charge in [0.1, 0.15) is 0 Å². The smallest absolute Gasteiger partial charge is 0.330 e. The number of nitrogens with zero attached hydrogens (tertiary/aromatic N) is 1. The lowest BCUT2D eigenvalue weighted by molar-refractivity contribution is -0.197. The zero-order valence-electron chi connectivity index (χ0n) is 8.23. The Balaban J connectivity index is 0. The van der Waals surface area contributed by atoms with E-state index in [0.717, 1.165) is 0 Å². The minimum atomic E-state index is -0.542. The van der Waals surface area contributed by atoms with Crippen LogP contribution >= 0.6 is 21.6 Å². The molecular weight excluding hydrogens is 262 g/mol. The highest BCUT2D eigenvalue weighted by molar-refractivity contribution is 8.76. The molecule has 0 radical (unpaired) electrons.